The number of nitrogens with zero attached hydrogens (tertiary/aromatic N) is 1. The van der Waals surface area contributed by atoms with Crippen LogP contribution in [0.15, 0.2) is 42.5 Å². The molecule has 2 aliphatic heterocycles. The number of carbonyl (C=O) groups is 1. The molecule has 1 spiro atoms. The van der Waals surface area contributed by atoms with Gasteiger partial charge in [0.05, 0.1) is 23.6 Å². The molecule has 0 saturated carbocycles. The molecular formula is C20H18N2O2. The highest BCUT2D eigenvalue weighted by atomic mass is 16.5. The molecule has 4 rings (SSSR count). The smallest absolute Gasteiger partial charge is 0.170 e. The molecule has 4 nitrogen and oxygen atoms in total. The Balaban J connectivity index is 1.70. The SMILES string of the molecule is N#Cc1cccc(-c2ccc3c(c2)C(=O)CC2(CCNCC2)O3)c1. The van der Waals surface area contributed by atoms with Crippen LogP contribution in [0.25, 0.3) is 11.1 Å². The Morgan fingerprint density at radius 3 is 2.67 bits per heavy atom. The minimum atomic E-state index is -0.336. The van der Waals surface area contributed by atoms with E-state index in [4.69, 9.17) is 10.00 Å². The van der Waals surface area contributed by atoms with E-state index in [-0.39, 0.29) is 11.4 Å². The van der Waals surface area contributed by atoms with Gasteiger partial charge in [-0.05, 0) is 48.5 Å². The molecule has 1 N–H and O–H groups in total. The van der Waals surface area contributed by atoms with Gasteiger partial charge in [-0.15, -0.1) is 0 Å². The molecular weight excluding hydrogens is 300 g/mol. The Morgan fingerprint density at radius 2 is 1.88 bits per heavy atom. The molecule has 2 heterocycles. The van der Waals surface area contributed by atoms with Crippen LogP contribution >= 0.6 is 0 Å². The van der Waals surface area contributed by atoms with E-state index in [9.17, 15) is 4.79 Å². The summed E-state index contributed by atoms with van der Waals surface area (Å²) in [5.41, 5.74) is 2.80. The van der Waals surface area contributed by atoms with Crippen LogP contribution in [0.1, 0.15) is 35.2 Å². The molecule has 0 unspecified atom stereocenters. The molecule has 0 bridgehead atoms. The number of fused-ring (bicyclic) bond motifs is 1. The Labute approximate surface area is 141 Å². The third-order valence-electron chi connectivity index (χ3n) is 4.93. The average molecular weight is 318 g/mol. The van der Waals surface area contributed by atoms with Crippen LogP contribution in [0.5, 0.6) is 5.75 Å². The van der Waals surface area contributed by atoms with Crippen molar-refractivity contribution < 1.29 is 9.53 Å². The Bertz CT molecular complexity index is 845. The summed E-state index contributed by atoms with van der Waals surface area (Å²) in [6.07, 6.45) is 2.18. The molecule has 2 aromatic carbocycles. The number of piperidine rings is 1. The number of hydrogen-bond acceptors (Lipinski definition) is 4. The normalized spacial score (nSPS) is 18.5. The van der Waals surface area contributed by atoms with E-state index in [1.54, 1.807) is 6.07 Å². The van der Waals surface area contributed by atoms with Crippen molar-refractivity contribution in [3.8, 4) is 22.9 Å². The summed E-state index contributed by atoms with van der Waals surface area (Å²) in [5, 5.41) is 12.4. The summed E-state index contributed by atoms with van der Waals surface area (Å²) in [6, 6.07) is 15.3. The Morgan fingerprint density at radius 1 is 1.08 bits per heavy atom. The fraction of sp³-hybridized carbons (Fsp3) is 0.300. The summed E-state index contributed by atoms with van der Waals surface area (Å²) in [7, 11) is 0. The third kappa shape index (κ3) is 2.57. The van der Waals surface area contributed by atoms with E-state index in [0.29, 0.717) is 23.3 Å². The van der Waals surface area contributed by atoms with Crippen LogP contribution in [0, 0.1) is 11.3 Å². The number of ketones is 1. The van der Waals surface area contributed by atoms with Gasteiger partial charge in [-0.25, -0.2) is 0 Å². The predicted octanol–water partition coefficient (Wildman–Crippen LogP) is 3.31. The van der Waals surface area contributed by atoms with E-state index in [2.05, 4.69) is 11.4 Å². The van der Waals surface area contributed by atoms with Crippen LogP contribution < -0.4 is 10.1 Å². The predicted molar refractivity (Wildman–Crippen MR) is 91.0 cm³/mol. The average Bonchev–Trinajstić information content (AvgIpc) is 2.62. The molecule has 0 amide bonds. The quantitative estimate of drug-likeness (QED) is 0.876. The molecule has 1 fully saturated rings. The second-order valence-electron chi connectivity index (χ2n) is 6.54. The minimum Gasteiger partial charge on any atom is -0.486 e. The van der Waals surface area contributed by atoms with E-state index in [1.807, 2.05) is 36.4 Å². The first-order chi connectivity index (χ1) is 11.7. The number of Topliss-reactive ketones (excluding diaryl/α,β-unsaturated/α-hetero) is 1. The van der Waals surface area contributed by atoms with Gasteiger partial charge in [0.25, 0.3) is 0 Å². The summed E-state index contributed by atoms with van der Waals surface area (Å²) < 4.78 is 6.25. The number of ether oxygens (including phenoxy) is 1. The van der Waals surface area contributed by atoms with Crippen LogP contribution in [-0.4, -0.2) is 24.5 Å². The van der Waals surface area contributed by atoms with Gasteiger partial charge >= 0.3 is 0 Å². The molecule has 4 heteroatoms. The zero-order valence-corrected chi connectivity index (χ0v) is 13.3. The van der Waals surface area contributed by atoms with E-state index in [0.717, 1.165) is 37.1 Å². The van der Waals surface area contributed by atoms with Gasteiger partial charge in [-0.2, -0.15) is 5.26 Å². The van der Waals surface area contributed by atoms with Crippen LogP contribution in [0.2, 0.25) is 0 Å². The van der Waals surface area contributed by atoms with Gasteiger partial charge < -0.3 is 10.1 Å². The van der Waals surface area contributed by atoms with E-state index in [1.165, 1.54) is 0 Å². The fourth-order valence-electron chi connectivity index (χ4n) is 3.60. The molecule has 2 aliphatic rings. The van der Waals surface area contributed by atoms with Crippen molar-refractivity contribution >= 4 is 5.78 Å². The molecule has 0 radical (unpaired) electrons. The van der Waals surface area contributed by atoms with Crippen molar-refractivity contribution in [3.63, 3.8) is 0 Å². The highest BCUT2D eigenvalue weighted by molar-refractivity contribution is 6.01. The zero-order chi connectivity index (χ0) is 16.6. The van der Waals surface area contributed by atoms with Crippen LogP contribution in [0.4, 0.5) is 0 Å². The largest absolute Gasteiger partial charge is 0.486 e. The highest BCUT2D eigenvalue weighted by Gasteiger charge is 2.41. The molecule has 0 aromatic heterocycles. The maximum atomic E-state index is 12.7. The summed E-state index contributed by atoms with van der Waals surface area (Å²) in [4.78, 5) is 12.7. The Hall–Kier alpha value is -2.64. The highest BCUT2D eigenvalue weighted by Crippen LogP contribution is 2.39. The monoisotopic (exact) mass is 318 g/mol. The standard InChI is InChI=1S/C20H18N2O2/c21-13-14-2-1-3-15(10-14)16-4-5-19-17(11-16)18(23)12-20(24-19)6-8-22-9-7-20/h1-5,10-11,22H,6-9,12H2. The van der Waals surface area contributed by atoms with Gasteiger partial charge in [0, 0.05) is 12.8 Å². The molecule has 120 valence electrons. The lowest BCUT2D eigenvalue weighted by molar-refractivity contribution is 0.0188. The molecule has 24 heavy (non-hydrogen) atoms. The molecule has 2 aromatic rings. The van der Waals surface area contributed by atoms with Crippen LogP contribution in [-0.2, 0) is 0 Å². The zero-order valence-electron chi connectivity index (χ0n) is 13.3. The van der Waals surface area contributed by atoms with Crippen molar-refractivity contribution in [2.24, 2.45) is 0 Å². The number of nitrogens with one attached hydrogen (secondary N) is 1. The van der Waals surface area contributed by atoms with Crippen molar-refractivity contribution in [3.05, 3.63) is 53.6 Å². The number of carbonyl (C=O) groups excluding carboxylic acids is 1. The number of nitriles is 1. The second kappa shape index (κ2) is 5.77. The number of rotatable bonds is 1. The number of hydrogen-bond donors (Lipinski definition) is 1. The van der Waals surface area contributed by atoms with E-state index < -0.39 is 0 Å². The van der Waals surface area contributed by atoms with Crippen molar-refractivity contribution in [2.75, 3.05) is 13.1 Å². The van der Waals surface area contributed by atoms with Crippen molar-refractivity contribution in [1.29, 1.82) is 5.26 Å². The first-order valence-corrected chi connectivity index (χ1v) is 8.27. The van der Waals surface area contributed by atoms with Gasteiger partial charge in [-0.1, -0.05) is 18.2 Å². The second-order valence-corrected chi connectivity index (χ2v) is 6.54. The van der Waals surface area contributed by atoms with Crippen LogP contribution in [0.3, 0.4) is 0 Å². The van der Waals surface area contributed by atoms with Crippen molar-refractivity contribution in [1.82, 2.24) is 5.32 Å². The Kier molecular flexibility index (Phi) is 3.59. The van der Waals surface area contributed by atoms with Gasteiger partial charge in [0.15, 0.2) is 5.78 Å². The maximum absolute atomic E-state index is 12.7. The minimum absolute atomic E-state index is 0.149. The fourth-order valence-corrected chi connectivity index (χ4v) is 3.60. The maximum Gasteiger partial charge on any atom is 0.170 e. The summed E-state index contributed by atoms with van der Waals surface area (Å²) in [5.74, 6) is 0.838. The lowest BCUT2D eigenvalue weighted by Gasteiger charge is -2.41. The summed E-state index contributed by atoms with van der Waals surface area (Å²) in [6.45, 7) is 1.78. The topological polar surface area (TPSA) is 62.1 Å². The summed E-state index contributed by atoms with van der Waals surface area (Å²) >= 11 is 0. The molecule has 0 aliphatic carbocycles. The van der Waals surface area contributed by atoms with E-state index >= 15 is 0 Å². The van der Waals surface area contributed by atoms with Gasteiger partial charge in [0.1, 0.15) is 11.4 Å². The lowest BCUT2D eigenvalue weighted by atomic mass is 9.82. The molecule has 1 saturated heterocycles. The lowest BCUT2D eigenvalue weighted by Crippen LogP contribution is -2.49. The molecule has 0 atom stereocenters. The third-order valence-corrected chi connectivity index (χ3v) is 4.93. The van der Waals surface area contributed by atoms with Gasteiger partial charge in [-0.3, -0.25) is 4.79 Å². The van der Waals surface area contributed by atoms with Gasteiger partial charge in [0.2, 0.25) is 0 Å². The first-order valence-electron chi connectivity index (χ1n) is 8.27. The number of benzene rings is 2. The first kappa shape index (κ1) is 14.9. The van der Waals surface area contributed by atoms with Crippen molar-refractivity contribution in [2.45, 2.75) is 24.9 Å².